The summed E-state index contributed by atoms with van der Waals surface area (Å²) in [5, 5.41) is 0. The number of aromatic nitrogens is 1. The molecule has 0 unspecified atom stereocenters. The highest BCUT2D eigenvalue weighted by atomic mass is 31.2. The summed E-state index contributed by atoms with van der Waals surface area (Å²) in [6.45, 7) is 13.0. The summed E-state index contributed by atoms with van der Waals surface area (Å²) >= 11 is 0. The van der Waals surface area contributed by atoms with Crippen LogP contribution in [0.4, 0.5) is 4.39 Å². The minimum Gasteiger partial charge on any atom is -0.481 e. The van der Waals surface area contributed by atoms with Gasteiger partial charge in [0.25, 0.3) is 0 Å². The number of esters is 1. The second-order valence-electron chi connectivity index (χ2n) is 12.4. The maximum absolute atomic E-state index is 14.8. The fraction of sp³-hybridized carbons (Fsp3) is 0.471. The van der Waals surface area contributed by atoms with Crippen molar-refractivity contribution in [2.45, 2.75) is 65.0 Å². The summed E-state index contributed by atoms with van der Waals surface area (Å²) in [5.41, 5.74) is 3.29. The molecule has 1 atom stereocenters. The lowest BCUT2D eigenvalue weighted by Gasteiger charge is -2.30. The van der Waals surface area contributed by atoms with Crippen molar-refractivity contribution in [1.29, 1.82) is 0 Å². The summed E-state index contributed by atoms with van der Waals surface area (Å²) in [6, 6.07) is 15.2. The van der Waals surface area contributed by atoms with Crippen LogP contribution in [0.5, 0.6) is 11.6 Å². The number of methoxy groups -OCH3 is 1. The molecule has 2 aromatic carbocycles. The highest BCUT2D eigenvalue weighted by molar-refractivity contribution is 7.62. The highest BCUT2D eigenvalue weighted by Crippen LogP contribution is 2.51. The van der Waals surface area contributed by atoms with Crippen molar-refractivity contribution < 1.29 is 23.2 Å². The molecule has 1 saturated carbocycles. The van der Waals surface area contributed by atoms with E-state index in [1.165, 1.54) is 7.11 Å². The number of carbonyl (C=O) groups is 1. The van der Waals surface area contributed by atoms with Gasteiger partial charge in [-0.1, -0.05) is 24.3 Å². The standard InChI is InChI=1S/C34H44FN2O4P/c1-22(2)37(23(3)4)16-15-27-17-26(30-19-33(40-5)36-20-32(30)35)13-14-29(27)34(38)41-28-10-8-9-25(18-28)31(24-11-12-24)21-42(6,7)39/h8-10,13-14,17-20,22-24,31H,11-12,15-16,21H2,1-7H3/t31-/m0/s1. The first-order valence-electron chi connectivity index (χ1n) is 14.8. The van der Waals surface area contributed by atoms with E-state index in [1.807, 2.05) is 37.6 Å². The molecule has 0 radical (unpaired) electrons. The van der Waals surface area contributed by atoms with E-state index in [4.69, 9.17) is 9.47 Å². The summed E-state index contributed by atoms with van der Waals surface area (Å²) < 4.78 is 38.7. The molecule has 6 nitrogen and oxygen atoms in total. The Hall–Kier alpha value is -3.02. The molecular weight excluding hydrogens is 550 g/mol. The Labute approximate surface area is 250 Å². The highest BCUT2D eigenvalue weighted by Gasteiger charge is 2.35. The molecule has 0 amide bonds. The average molecular weight is 595 g/mol. The van der Waals surface area contributed by atoms with Crippen LogP contribution in [-0.2, 0) is 11.0 Å². The second-order valence-corrected chi connectivity index (χ2v) is 15.9. The lowest BCUT2D eigenvalue weighted by atomic mass is 9.96. The van der Waals surface area contributed by atoms with Crippen LogP contribution in [0.15, 0.2) is 54.7 Å². The Morgan fingerprint density at radius 3 is 2.40 bits per heavy atom. The largest absolute Gasteiger partial charge is 0.481 e. The Morgan fingerprint density at radius 2 is 1.79 bits per heavy atom. The Balaban J connectivity index is 1.65. The first-order valence-corrected chi connectivity index (χ1v) is 17.6. The van der Waals surface area contributed by atoms with E-state index in [9.17, 15) is 13.8 Å². The lowest BCUT2D eigenvalue weighted by Crippen LogP contribution is -2.38. The van der Waals surface area contributed by atoms with Crippen molar-refractivity contribution in [3.8, 4) is 22.8 Å². The predicted molar refractivity (Wildman–Crippen MR) is 168 cm³/mol. The van der Waals surface area contributed by atoms with Crippen LogP contribution in [0.2, 0.25) is 0 Å². The van der Waals surface area contributed by atoms with Gasteiger partial charge in [-0.2, -0.15) is 0 Å². The van der Waals surface area contributed by atoms with Gasteiger partial charge in [-0.15, -0.1) is 0 Å². The number of carbonyl (C=O) groups excluding carboxylic acids is 1. The Kier molecular flexibility index (Phi) is 10.3. The number of nitrogens with zero attached hydrogens (tertiary/aromatic N) is 2. The summed E-state index contributed by atoms with van der Waals surface area (Å²) in [6.07, 6.45) is 4.66. The van der Waals surface area contributed by atoms with Gasteiger partial charge >= 0.3 is 5.97 Å². The number of halogens is 1. The van der Waals surface area contributed by atoms with E-state index in [2.05, 4.69) is 37.6 Å². The summed E-state index contributed by atoms with van der Waals surface area (Å²) in [5.74, 6) is 0.589. The molecule has 1 fully saturated rings. The molecule has 4 rings (SSSR count). The Bertz CT molecular complexity index is 1440. The SMILES string of the molecule is COc1cc(-c2ccc(C(=O)Oc3cccc([C@@H](CP(C)(C)=O)C4CC4)c3)c(CCN(C(C)C)C(C)C)c2)c(F)cn1. The van der Waals surface area contributed by atoms with Crippen molar-refractivity contribution >= 4 is 13.1 Å². The number of benzene rings is 2. The molecule has 42 heavy (non-hydrogen) atoms. The van der Waals surface area contributed by atoms with Crippen molar-refractivity contribution in [3.05, 3.63) is 77.2 Å². The molecule has 1 aliphatic rings. The zero-order valence-corrected chi connectivity index (χ0v) is 26.8. The van der Waals surface area contributed by atoms with Gasteiger partial charge in [-0.05, 0) is 107 Å². The third kappa shape index (κ3) is 8.29. The van der Waals surface area contributed by atoms with E-state index in [0.29, 0.717) is 58.9 Å². The summed E-state index contributed by atoms with van der Waals surface area (Å²) in [7, 11) is -0.726. The molecule has 1 heterocycles. The fourth-order valence-corrected chi connectivity index (χ4v) is 7.21. The third-order valence-electron chi connectivity index (χ3n) is 7.97. The van der Waals surface area contributed by atoms with Crippen LogP contribution in [0.3, 0.4) is 0 Å². The van der Waals surface area contributed by atoms with Crippen LogP contribution < -0.4 is 9.47 Å². The molecule has 0 bridgehead atoms. The number of ether oxygens (including phenoxy) is 2. The number of rotatable bonds is 13. The van der Waals surface area contributed by atoms with Gasteiger partial charge in [0.05, 0.1) is 26.0 Å². The third-order valence-corrected chi connectivity index (χ3v) is 9.24. The van der Waals surface area contributed by atoms with Gasteiger partial charge in [0, 0.05) is 36.4 Å². The molecule has 1 aromatic heterocycles. The van der Waals surface area contributed by atoms with E-state index in [-0.39, 0.29) is 5.92 Å². The second kappa shape index (κ2) is 13.5. The first kappa shape index (κ1) is 31.9. The first-order chi connectivity index (χ1) is 19.9. The quantitative estimate of drug-likeness (QED) is 0.114. The zero-order chi connectivity index (χ0) is 30.6. The molecule has 8 heteroatoms. The van der Waals surface area contributed by atoms with Crippen LogP contribution in [-0.4, -0.2) is 61.1 Å². The molecular formula is C34H44FN2O4P. The van der Waals surface area contributed by atoms with Gasteiger partial charge < -0.3 is 14.0 Å². The van der Waals surface area contributed by atoms with Crippen LogP contribution in [0.1, 0.15) is 67.9 Å². The monoisotopic (exact) mass is 594 g/mol. The Morgan fingerprint density at radius 1 is 1.07 bits per heavy atom. The van der Waals surface area contributed by atoms with Gasteiger partial charge in [0.15, 0.2) is 0 Å². The van der Waals surface area contributed by atoms with Gasteiger partial charge in [-0.25, -0.2) is 14.2 Å². The molecule has 0 spiro atoms. The normalized spacial score (nSPS) is 14.5. The molecule has 0 N–H and O–H groups in total. The molecule has 0 aliphatic heterocycles. The molecule has 0 saturated heterocycles. The molecule has 226 valence electrons. The van der Waals surface area contributed by atoms with Gasteiger partial charge in [-0.3, -0.25) is 4.90 Å². The molecule has 3 aromatic rings. The van der Waals surface area contributed by atoms with Crippen LogP contribution in [0.25, 0.3) is 11.1 Å². The number of hydrogen-bond donors (Lipinski definition) is 0. The van der Waals surface area contributed by atoms with Crippen molar-refractivity contribution in [2.75, 3.05) is 33.1 Å². The van der Waals surface area contributed by atoms with Gasteiger partial charge in [0.2, 0.25) is 5.88 Å². The van der Waals surface area contributed by atoms with E-state index < -0.39 is 18.9 Å². The lowest BCUT2D eigenvalue weighted by molar-refractivity contribution is 0.0733. The maximum atomic E-state index is 14.8. The van der Waals surface area contributed by atoms with Crippen LogP contribution in [0, 0.1) is 11.7 Å². The topological polar surface area (TPSA) is 68.7 Å². The fourth-order valence-electron chi connectivity index (χ4n) is 5.75. The minimum atomic E-state index is -2.22. The minimum absolute atomic E-state index is 0.199. The van der Waals surface area contributed by atoms with Crippen LogP contribution >= 0.6 is 7.14 Å². The predicted octanol–water partition coefficient (Wildman–Crippen LogP) is 7.89. The number of pyridine rings is 1. The van der Waals surface area contributed by atoms with Crippen molar-refractivity contribution in [1.82, 2.24) is 9.88 Å². The van der Waals surface area contributed by atoms with E-state index in [1.54, 1.807) is 24.3 Å². The molecule has 1 aliphatic carbocycles. The zero-order valence-electron chi connectivity index (χ0n) is 25.9. The van der Waals surface area contributed by atoms with E-state index >= 15 is 0 Å². The van der Waals surface area contributed by atoms with Crippen molar-refractivity contribution in [2.24, 2.45) is 5.92 Å². The van der Waals surface area contributed by atoms with E-state index in [0.717, 1.165) is 36.7 Å². The average Bonchev–Trinajstić information content (AvgIpc) is 3.77. The van der Waals surface area contributed by atoms with Gasteiger partial charge in [0.1, 0.15) is 11.6 Å². The number of hydrogen-bond acceptors (Lipinski definition) is 6. The maximum Gasteiger partial charge on any atom is 0.343 e. The smallest absolute Gasteiger partial charge is 0.343 e. The summed E-state index contributed by atoms with van der Waals surface area (Å²) in [4.78, 5) is 20.0. The van der Waals surface area contributed by atoms with Crippen molar-refractivity contribution in [3.63, 3.8) is 0 Å².